The Balaban J connectivity index is 0.00000289. The molecule has 176 valence electrons. The molecule has 1 saturated heterocycles. The molecular formula is C26H36ClNO4. The Hall–Kier alpha value is -1.79. The van der Waals surface area contributed by atoms with Crippen molar-refractivity contribution in [2.75, 3.05) is 26.8 Å². The van der Waals surface area contributed by atoms with Crippen molar-refractivity contribution in [2.24, 2.45) is 0 Å². The van der Waals surface area contributed by atoms with E-state index >= 15 is 0 Å². The molecule has 5 nitrogen and oxygen atoms in total. The zero-order valence-electron chi connectivity index (χ0n) is 18.9. The molecule has 0 radical (unpaired) electrons. The van der Waals surface area contributed by atoms with Crippen molar-refractivity contribution in [3.8, 4) is 11.5 Å². The van der Waals surface area contributed by atoms with E-state index in [1.807, 2.05) is 24.3 Å². The minimum absolute atomic E-state index is 0. The molecule has 0 amide bonds. The molecule has 6 heteroatoms. The highest BCUT2D eigenvalue weighted by molar-refractivity contribution is 5.85. The van der Waals surface area contributed by atoms with Crippen LogP contribution in [-0.4, -0.2) is 55.1 Å². The van der Waals surface area contributed by atoms with Crippen molar-refractivity contribution in [3.05, 3.63) is 59.7 Å². The maximum atomic E-state index is 9.91. The monoisotopic (exact) mass is 461 g/mol. The quantitative estimate of drug-likeness (QED) is 0.589. The summed E-state index contributed by atoms with van der Waals surface area (Å²) in [7, 11) is 1.68. The number of aliphatic hydroxyl groups excluding tert-OH is 1. The van der Waals surface area contributed by atoms with Crippen LogP contribution >= 0.6 is 12.4 Å². The number of benzene rings is 2. The highest BCUT2D eigenvalue weighted by Gasteiger charge is 2.34. The number of hydrogen-bond donors (Lipinski definition) is 1. The number of likely N-dealkylation sites (tertiary alicyclic amines) is 1. The molecule has 3 atom stereocenters. The van der Waals surface area contributed by atoms with Gasteiger partial charge in [0.1, 0.15) is 6.61 Å². The lowest BCUT2D eigenvalue weighted by Crippen LogP contribution is -2.46. The van der Waals surface area contributed by atoms with Gasteiger partial charge in [0.15, 0.2) is 11.5 Å². The zero-order valence-corrected chi connectivity index (χ0v) is 19.8. The minimum Gasteiger partial charge on any atom is -0.493 e. The van der Waals surface area contributed by atoms with Crippen molar-refractivity contribution in [2.45, 2.75) is 63.4 Å². The Morgan fingerprint density at radius 1 is 0.969 bits per heavy atom. The number of hydrogen-bond acceptors (Lipinski definition) is 5. The Kier molecular flexibility index (Phi) is 9.67. The first-order valence-electron chi connectivity index (χ1n) is 11.6. The summed E-state index contributed by atoms with van der Waals surface area (Å²) in [5, 5.41) is 9.91. The van der Waals surface area contributed by atoms with E-state index in [0.29, 0.717) is 19.3 Å². The highest BCUT2D eigenvalue weighted by atomic mass is 35.5. The summed E-state index contributed by atoms with van der Waals surface area (Å²) in [6.45, 7) is 3.01. The summed E-state index contributed by atoms with van der Waals surface area (Å²) >= 11 is 0. The molecule has 1 N–H and O–H groups in total. The fourth-order valence-corrected chi connectivity index (χ4v) is 4.81. The van der Waals surface area contributed by atoms with E-state index in [4.69, 9.17) is 14.2 Å². The summed E-state index contributed by atoms with van der Waals surface area (Å²) in [4.78, 5) is 2.44. The third-order valence-electron chi connectivity index (χ3n) is 6.52. The van der Waals surface area contributed by atoms with Gasteiger partial charge in [-0.3, -0.25) is 4.90 Å². The van der Waals surface area contributed by atoms with Gasteiger partial charge in [-0.25, -0.2) is 0 Å². The van der Waals surface area contributed by atoms with Gasteiger partial charge in [-0.1, -0.05) is 49.2 Å². The highest BCUT2D eigenvalue weighted by Crippen LogP contribution is 2.30. The Bertz CT molecular complexity index is 819. The lowest BCUT2D eigenvalue weighted by Gasteiger charge is -2.37. The van der Waals surface area contributed by atoms with Gasteiger partial charge < -0.3 is 19.3 Å². The molecule has 32 heavy (non-hydrogen) atoms. The average Bonchev–Trinajstić information content (AvgIpc) is 3.25. The topological polar surface area (TPSA) is 51.2 Å². The van der Waals surface area contributed by atoms with Crippen LogP contribution in [0.1, 0.15) is 43.2 Å². The largest absolute Gasteiger partial charge is 0.493 e. The maximum Gasteiger partial charge on any atom is 0.161 e. The smallest absolute Gasteiger partial charge is 0.161 e. The van der Waals surface area contributed by atoms with Crippen LogP contribution in [0.2, 0.25) is 0 Å². The van der Waals surface area contributed by atoms with Crippen LogP contribution in [0.3, 0.4) is 0 Å². The molecule has 0 aromatic heterocycles. The second-order valence-electron chi connectivity index (χ2n) is 8.71. The van der Waals surface area contributed by atoms with E-state index in [-0.39, 0.29) is 24.6 Å². The first-order valence-corrected chi connectivity index (χ1v) is 11.6. The second-order valence-corrected chi connectivity index (χ2v) is 8.71. The standard InChI is InChI=1S/C26H35NO4.ClH/c1-29-26-17-20(11-12-25(26)31-19-21-7-3-2-4-8-21)14-16-30-24-10-6-5-9-23(24)27-15-13-22(28)18-27;/h2-4,7-8,11-12,17,22-24,28H,5-6,9-10,13-16,18-19H2,1H3;1H/t22-,23-,24-;/m1./s1. The number of nitrogens with zero attached hydrogens (tertiary/aromatic N) is 1. The van der Waals surface area contributed by atoms with Gasteiger partial charge in [-0.15, -0.1) is 12.4 Å². The summed E-state index contributed by atoms with van der Waals surface area (Å²) < 4.78 is 17.9. The number of aliphatic hydroxyl groups is 1. The zero-order chi connectivity index (χ0) is 21.5. The van der Waals surface area contributed by atoms with E-state index in [1.54, 1.807) is 7.11 Å². The Morgan fingerprint density at radius 3 is 2.53 bits per heavy atom. The fraction of sp³-hybridized carbons (Fsp3) is 0.538. The molecular weight excluding hydrogens is 426 g/mol. The average molecular weight is 462 g/mol. The first kappa shape index (κ1) is 24.8. The van der Waals surface area contributed by atoms with Crippen LogP contribution in [0, 0.1) is 0 Å². The summed E-state index contributed by atoms with van der Waals surface area (Å²) in [6.07, 6.45) is 6.64. The molecule has 1 aliphatic carbocycles. The van der Waals surface area contributed by atoms with Crippen LogP contribution in [0.25, 0.3) is 0 Å². The Morgan fingerprint density at radius 2 is 1.78 bits per heavy atom. The van der Waals surface area contributed by atoms with Crippen molar-refractivity contribution in [1.82, 2.24) is 4.90 Å². The molecule has 1 saturated carbocycles. The first-order chi connectivity index (χ1) is 15.2. The molecule has 1 heterocycles. The summed E-state index contributed by atoms with van der Waals surface area (Å²) in [5.41, 5.74) is 2.32. The fourth-order valence-electron chi connectivity index (χ4n) is 4.81. The third-order valence-corrected chi connectivity index (χ3v) is 6.52. The van der Waals surface area contributed by atoms with Crippen LogP contribution < -0.4 is 9.47 Å². The lowest BCUT2D eigenvalue weighted by molar-refractivity contribution is -0.0316. The van der Waals surface area contributed by atoms with Crippen molar-refractivity contribution >= 4 is 12.4 Å². The molecule has 0 unspecified atom stereocenters. The molecule has 0 bridgehead atoms. The number of halogens is 1. The van der Waals surface area contributed by atoms with Gasteiger partial charge in [0.2, 0.25) is 0 Å². The number of β-amino-alcohol motifs (C(OH)–C–C–N with tert-alkyl or cyclic N) is 1. The maximum absolute atomic E-state index is 9.91. The summed E-state index contributed by atoms with van der Waals surface area (Å²) in [5.74, 6) is 1.52. The van der Waals surface area contributed by atoms with Gasteiger partial charge in [-0.2, -0.15) is 0 Å². The van der Waals surface area contributed by atoms with Gasteiger partial charge in [0, 0.05) is 19.1 Å². The molecule has 2 aliphatic rings. The molecule has 2 fully saturated rings. The van der Waals surface area contributed by atoms with Gasteiger partial charge in [-0.05, 0) is 48.9 Å². The van der Waals surface area contributed by atoms with Crippen LogP contribution in [0.4, 0.5) is 0 Å². The SMILES string of the molecule is COc1cc(CCO[C@@H]2CCCC[C@H]2N2CC[C@@H](O)C2)ccc1OCc1ccccc1.Cl. The minimum atomic E-state index is -0.169. The number of rotatable bonds is 9. The lowest BCUT2D eigenvalue weighted by atomic mass is 9.91. The normalized spacial score (nSPS) is 23.5. The van der Waals surface area contributed by atoms with E-state index in [0.717, 1.165) is 49.4 Å². The van der Waals surface area contributed by atoms with Crippen LogP contribution in [0.5, 0.6) is 11.5 Å². The third kappa shape index (κ3) is 6.61. The van der Waals surface area contributed by atoms with Crippen molar-refractivity contribution < 1.29 is 19.3 Å². The Labute approximate surface area is 198 Å². The van der Waals surface area contributed by atoms with Crippen LogP contribution in [0.15, 0.2) is 48.5 Å². The molecule has 2 aromatic rings. The molecule has 1 aliphatic heterocycles. The summed E-state index contributed by atoms with van der Waals surface area (Å²) in [6, 6.07) is 16.7. The van der Waals surface area contributed by atoms with Crippen molar-refractivity contribution in [3.63, 3.8) is 0 Å². The number of methoxy groups -OCH3 is 1. The van der Waals surface area contributed by atoms with E-state index < -0.39 is 0 Å². The molecule has 0 spiro atoms. The van der Waals surface area contributed by atoms with Gasteiger partial charge in [0.25, 0.3) is 0 Å². The van der Waals surface area contributed by atoms with Crippen molar-refractivity contribution in [1.29, 1.82) is 0 Å². The van der Waals surface area contributed by atoms with E-state index in [2.05, 4.69) is 29.2 Å². The van der Waals surface area contributed by atoms with E-state index in [9.17, 15) is 5.11 Å². The van der Waals surface area contributed by atoms with E-state index in [1.165, 1.54) is 24.8 Å². The van der Waals surface area contributed by atoms with Gasteiger partial charge in [0.05, 0.1) is 25.9 Å². The predicted molar refractivity (Wildman–Crippen MR) is 129 cm³/mol. The molecule has 4 rings (SSSR count). The molecule has 2 aromatic carbocycles. The number of ether oxygens (including phenoxy) is 3. The second kappa shape index (κ2) is 12.4. The van der Waals surface area contributed by atoms with Gasteiger partial charge >= 0.3 is 0 Å². The predicted octanol–water partition coefficient (Wildman–Crippen LogP) is 4.63. The van der Waals surface area contributed by atoms with Crippen LogP contribution in [-0.2, 0) is 17.8 Å².